The Kier molecular flexibility index (Phi) is 5.44. The van der Waals surface area contributed by atoms with Gasteiger partial charge in [0.25, 0.3) is 0 Å². The SMILES string of the molecule is CCC=CC=CCC(=O)O. The van der Waals surface area contributed by atoms with Crippen LogP contribution in [0.1, 0.15) is 19.8 Å². The minimum atomic E-state index is -0.791. The molecule has 0 amide bonds. The van der Waals surface area contributed by atoms with Gasteiger partial charge in [-0.15, -0.1) is 0 Å². The summed E-state index contributed by atoms with van der Waals surface area (Å²) in [7, 11) is 0. The lowest BCUT2D eigenvalue weighted by molar-refractivity contribution is -0.135. The molecule has 0 unspecified atom stereocenters. The van der Waals surface area contributed by atoms with E-state index >= 15 is 0 Å². The third kappa shape index (κ3) is 6.95. The van der Waals surface area contributed by atoms with Crippen molar-refractivity contribution in [2.75, 3.05) is 0 Å². The minimum Gasteiger partial charge on any atom is -0.481 e. The molecule has 0 aromatic rings. The Hall–Kier alpha value is -1.05. The molecule has 10 heavy (non-hydrogen) atoms. The fraction of sp³-hybridized carbons (Fsp3) is 0.375. The molecule has 0 atom stereocenters. The first-order valence-electron chi connectivity index (χ1n) is 3.30. The zero-order chi connectivity index (χ0) is 7.82. The fourth-order valence-corrected chi connectivity index (χ4v) is 0.462. The zero-order valence-electron chi connectivity index (χ0n) is 6.08. The predicted octanol–water partition coefficient (Wildman–Crippen LogP) is 1.98. The van der Waals surface area contributed by atoms with E-state index in [-0.39, 0.29) is 6.42 Å². The lowest BCUT2D eigenvalue weighted by Gasteiger charge is -1.79. The largest absolute Gasteiger partial charge is 0.481 e. The highest BCUT2D eigenvalue weighted by atomic mass is 16.4. The van der Waals surface area contributed by atoms with Gasteiger partial charge in [0.15, 0.2) is 0 Å². The van der Waals surface area contributed by atoms with Gasteiger partial charge in [0, 0.05) is 0 Å². The molecule has 0 radical (unpaired) electrons. The topological polar surface area (TPSA) is 37.3 Å². The molecule has 2 nitrogen and oxygen atoms in total. The van der Waals surface area contributed by atoms with Gasteiger partial charge in [-0.05, 0) is 6.42 Å². The Morgan fingerprint density at radius 1 is 1.40 bits per heavy atom. The molecule has 0 spiro atoms. The number of rotatable bonds is 4. The van der Waals surface area contributed by atoms with Crippen molar-refractivity contribution in [2.24, 2.45) is 0 Å². The molecule has 56 valence electrons. The average Bonchev–Trinajstić information content (AvgIpc) is 1.87. The number of hydrogen-bond donors (Lipinski definition) is 1. The van der Waals surface area contributed by atoms with Crippen LogP contribution in [0.2, 0.25) is 0 Å². The molecular weight excluding hydrogens is 128 g/mol. The highest BCUT2D eigenvalue weighted by Crippen LogP contribution is 1.85. The summed E-state index contributed by atoms with van der Waals surface area (Å²) in [4.78, 5) is 9.96. The van der Waals surface area contributed by atoms with Crippen molar-refractivity contribution in [2.45, 2.75) is 19.8 Å². The van der Waals surface area contributed by atoms with E-state index in [4.69, 9.17) is 5.11 Å². The molecule has 0 bridgehead atoms. The quantitative estimate of drug-likeness (QED) is 0.606. The molecule has 0 aromatic carbocycles. The summed E-state index contributed by atoms with van der Waals surface area (Å²) >= 11 is 0. The summed E-state index contributed by atoms with van der Waals surface area (Å²) in [5, 5.41) is 8.19. The number of carboxylic acid groups (broad SMARTS) is 1. The van der Waals surface area contributed by atoms with Crippen molar-refractivity contribution in [1.29, 1.82) is 0 Å². The van der Waals surface area contributed by atoms with E-state index in [1.54, 1.807) is 12.2 Å². The first kappa shape index (κ1) is 8.95. The molecule has 0 rings (SSSR count). The molecule has 0 saturated heterocycles. The van der Waals surface area contributed by atoms with Crippen LogP contribution in [0.15, 0.2) is 24.3 Å². The van der Waals surface area contributed by atoms with Crippen molar-refractivity contribution >= 4 is 5.97 Å². The normalized spacial score (nSPS) is 11.3. The lowest BCUT2D eigenvalue weighted by Crippen LogP contribution is -1.89. The Morgan fingerprint density at radius 3 is 2.50 bits per heavy atom. The number of aliphatic carboxylic acids is 1. The molecule has 0 fully saturated rings. The van der Waals surface area contributed by atoms with Crippen LogP contribution in [0.4, 0.5) is 0 Å². The van der Waals surface area contributed by atoms with E-state index in [0.717, 1.165) is 6.42 Å². The molecule has 0 saturated carbocycles. The van der Waals surface area contributed by atoms with Crippen molar-refractivity contribution in [3.8, 4) is 0 Å². The van der Waals surface area contributed by atoms with E-state index in [2.05, 4.69) is 0 Å². The Morgan fingerprint density at radius 2 is 2.00 bits per heavy atom. The molecule has 0 aromatic heterocycles. The second-order valence-corrected chi connectivity index (χ2v) is 1.86. The molecule has 0 aliphatic carbocycles. The summed E-state index contributed by atoms with van der Waals surface area (Å²) < 4.78 is 0. The van der Waals surface area contributed by atoms with Crippen LogP contribution >= 0.6 is 0 Å². The molecular formula is C8H12O2. The van der Waals surface area contributed by atoms with Gasteiger partial charge in [-0.1, -0.05) is 31.2 Å². The number of allylic oxidation sites excluding steroid dienone is 3. The zero-order valence-corrected chi connectivity index (χ0v) is 6.08. The second kappa shape index (κ2) is 6.08. The molecule has 0 aliphatic heterocycles. The van der Waals surface area contributed by atoms with E-state index < -0.39 is 5.97 Å². The second-order valence-electron chi connectivity index (χ2n) is 1.86. The van der Waals surface area contributed by atoms with Gasteiger partial charge < -0.3 is 5.11 Å². The van der Waals surface area contributed by atoms with Crippen molar-refractivity contribution in [1.82, 2.24) is 0 Å². The van der Waals surface area contributed by atoms with Gasteiger partial charge in [0.1, 0.15) is 0 Å². The highest BCUT2D eigenvalue weighted by molar-refractivity contribution is 5.68. The fourth-order valence-electron chi connectivity index (χ4n) is 0.462. The van der Waals surface area contributed by atoms with Gasteiger partial charge in [0.05, 0.1) is 6.42 Å². The van der Waals surface area contributed by atoms with Crippen molar-refractivity contribution < 1.29 is 9.90 Å². The summed E-state index contributed by atoms with van der Waals surface area (Å²) in [6, 6.07) is 0. The first-order valence-corrected chi connectivity index (χ1v) is 3.30. The van der Waals surface area contributed by atoms with Crippen LogP contribution in [0, 0.1) is 0 Å². The average molecular weight is 140 g/mol. The van der Waals surface area contributed by atoms with Gasteiger partial charge >= 0.3 is 5.97 Å². The highest BCUT2D eigenvalue weighted by Gasteiger charge is 1.86. The smallest absolute Gasteiger partial charge is 0.307 e. The first-order chi connectivity index (χ1) is 4.77. The Bertz CT molecular complexity index is 145. The van der Waals surface area contributed by atoms with Gasteiger partial charge in [-0.25, -0.2) is 0 Å². The van der Waals surface area contributed by atoms with E-state index in [1.165, 1.54) is 0 Å². The summed E-state index contributed by atoms with van der Waals surface area (Å²) in [5.41, 5.74) is 0. The van der Waals surface area contributed by atoms with Crippen molar-refractivity contribution in [3.05, 3.63) is 24.3 Å². The molecule has 2 heteroatoms. The molecule has 0 aliphatic rings. The number of carboxylic acids is 1. The maximum absolute atomic E-state index is 9.96. The minimum absolute atomic E-state index is 0.105. The van der Waals surface area contributed by atoms with Crippen LogP contribution in [0.25, 0.3) is 0 Å². The standard InChI is InChI=1S/C8H12O2/c1-2-3-4-5-6-7-8(9)10/h3-6H,2,7H2,1H3,(H,9,10). The van der Waals surface area contributed by atoms with Crippen molar-refractivity contribution in [3.63, 3.8) is 0 Å². The van der Waals surface area contributed by atoms with Gasteiger partial charge in [-0.3, -0.25) is 4.79 Å². The Labute approximate surface area is 60.9 Å². The number of hydrogen-bond acceptors (Lipinski definition) is 1. The molecule has 1 N–H and O–H groups in total. The number of carbonyl (C=O) groups is 1. The molecule has 0 heterocycles. The van der Waals surface area contributed by atoms with E-state index in [9.17, 15) is 4.79 Å². The van der Waals surface area contributed by atoms with Crippen LogP contribution in [0.3, 0.4) is 0 Å². The van der Waals surface area contributed by atoms with Crippen LogP contribution in [-0.2, 0) is 4.79 Å². The summed E-state index contributed by atoms with van der Waals surface area (Å²) in [5.74, 6) is -0.791. The lowest BCUT2D eigenvalue weighted by atomic mass is 10.3. The van der Waals surface area contributed by atoms with Crippen LogP contribution in [0.5, 0.6) is 0 Å². The third-order valence-electron chi connectivity index (χ3n) is 0.911. The third-order valence-corrected chi connectivity index (χ3v) is 0.911. The van der Waals surface area contributed by atoms with Gasteiger partial charge in [-0.2, -0.15) is 0 Å². The summed E-state index contributed by atoms with van der Waals surface area (Å²) in [6.45, 7) is 2.03. The monoisotopic (exact) mass is 140 g/mol. The van der Waals surface area contributed by atoms with E-state index in [1.807, 2.05) is 19.1 Å². The maximum atomic E-state index is 9.96. The van der Waals surface area contributed by atoms with Crippen LogP contribution < -0.4 is 0 Å². The van der Waals surface area contributed by atoms with E-state index in [0.29, 0.717) is 0 Å². The summed E-state index contributed by atoms with van der Waals surface area (Å²) in [6.07, 6.45) is 8.28. The van der Waals surface area contributed by atoms with Gasteiger partial charge in [0.2, 0.25) is 0 Å². The maximum Gasteiger partial charge on any atom is 0.307 e. The predicted molar refractivity (Wildman–Crippen MR) is 40.8 cm³/mol. The Balaban J connectivity index is 3.37. The van der Waals surface area contributed by atoms with Crippen LogP contribution in [-0.4, -0.2) is 11.1 Å².